The fourth-order valence-electron chi connectivity index (χ4n) is 0.936. The zero-order valence-electron chi connectivity index (χ0n) is 7.91. The number of aryl methyl sites for hydroxylation is 1. The zero-order valence-corrected chi connectivity index (χ0v) is 9.48. The number of carboxylic acid groups (broad SMARTS) is 1. The minimum atomic E-state index is -0.919. The van der Waals surface area contributed by atoms with Crippen LogP contribution in [0.4, 0.5) is 5.13 Å². The minimum absolute atomic E-state index is 0.0831. The molecule has 0 bridgehead atoms. The van der Waals surface area contributed by atoms with Crippen molar-refractivity contribution in [1.29, 1.82) is 0 Å². The van der Waals surface area contributed by atoms with Crippen molar-refractivity contribution in [3.05, 3.63) is 10.6 Å². The van der Waals surface area contributed by atoms with Gasteiger partial charge < -0.3 is 10.4 Å². The highest BCUT2D eigenvalue weighted by atomic mass is 35.5. The monoisotopic (exact) mass is 248 g/mol. The van der Waals surface area contributed by atoms with E-state index in [-0.39, 0.29) is 18.2 Å². The van der Waals surface area contributed by atoms with E-state index >= 15 is 0 Å². The number of carboxylic acids is 1. The topological polar surface area (TPSA) is 79.3 Å². The number of carbonyl (C=O) groups excluding carboxylic acids is 1. The fraction of sp³-hybridized carbons (Fsp3) is 0.375. The van der Waals surface area contributed by atoms with Crippen LogP contribution in [0.15, 0.2) is 0 Å². The van der Waals surface area contributed by atoms with E-state index in [1.54, 1.807) is 6.92 Å². The van der Waals surface area contributed by atoms with E-state index in [1.807, 2.05) is 0 Å². The van der Waals surface area contributed by atoms with Crippen LogP contribution in [-0.2, 0) is 16.0 Å². The number of anilines is 1. The second-order valence-corrected chi connectivity index (χ2v) is 4.13. The maximum absolute atomic E-state index is 10.9. The Kier molecular flexibility index (Phi) is 4.05. The minimum Gasteiger partial charge on any atom is -0.481 e. The third kappa shape index (κ3) is 3.49. The van der Waals surface area contributed by atoms with Gasteiger partial charge in [-0.15, -0.1) is 22.9 Å². The number of nitrogens with one attached hydrogen (secondary N) is 1. The summed E-state index contributed by atoms with van der Waals surface area (Å²) in [5, 5.41) is 11.5. The second kappa shape index (κ2) is 5.09. The number of thiazole rings is 1. The molecule has 1 heterocycles. The Morgan fingerprint density at radius 2 is 2.27 bits per heavy atom. The molecule has 1 aromatic rings. The SMILES string of the molecule is Cc1nc(NC(=O)CCl)sc1CC(=O)O. The standard InChI is InChI=1S/C8H9ClN2O3S/c1-4-5(2-7(13)14)15-8(10-4)11-6(12)3-9/h2-3H2,1H3,(H,13,14)(H,10,11,12). The van der Waals surface area contributed by atoms with Gasteiger partial charge in [0.1, 0.15) is 5.88 Å². The van der Waals surface area contributed by atoms with Crippen LogP contribution in [-0.4, -0.2) is 27.8 Å². The van der Waals surface area contributed by atoms with E-state index in [0.29, 0.717) is 15.7 Å². The summed E-state index contributed by atoms with van der Waals surface area (Å²) in [7, 11) is 0. The molecule has 0 aromatic carbocycles. The molecule has 5 nitrogen and oxygen atoms in total. The van der Waals surface area contributed by atoms with Crippen molar-refractivity contribution < 1.29 is 14.7 Å². The predicted octanol–water partition coefficient (Wildman–Crippen LogP) is 1.26. The number of alkyl halides is 1. The van der Waals surface area contributed by atoms with Crippen LogP contribution < -0.4 is 5.32 Å². The van der Waals surface area contributed by atoms with E-state index in [1.165, 1.54) is 0 Å². The molecule has 15 heavy (non-hydrogen) atoms. The molecule has 1 rings (SSSR count). The molecule has 0 aliphatic carbocycles. The van der Waals surface area contributed by atoms with Gasteiger partial charge in [0, 0.05) is 4.88 Å². The van der Waals surface area contributed by atoms with E-state index in [2.05, 4.69) is 10.3 Å². The quantitative estimate of drug-likeness (QED) is 0.786. The normalized spacial score (nSPS) is 10.0. The Hall–Kier alpha value is -1.14. The molecule has 0 unspecified atom stereocenters. The molecule has 0 saturated heterocycles. The number of aromatic nitrogens is 1. The maximum Gasteiger partial charge on any atom is 0.308 e. The summed E-state index contributed by atoms with van der Waals surface area (Å²) in [6.45, 7) is 1.70. The lowest BCUT2D eigenvalue weighted by Crippen LogP contribution is -2.12. The Morgan fingerprint density at radius 3 is 2.80 bits per heavy atom. The van der Waals surface area contributed by atoms with Crippen LogP contribution in [0.5, 0.6) is 0 Å². The lowest BCUT2D eigenvalue weighted by Gasteiger charge is -1.94. The molecular weight excluding hydrogens is 240 g/mol. The van der Waals surface area contributed by atoms with Crippen molar-refractivity contribution in [2.45, 2.75) is 13.3 Å². The molecule has 2 N–H and O–H groups in total. The highest BCUT2D eigenvalue weighted by Crippen LogP contribution is 2.22. The maximum atomic E-state index is 10.9. The smallest absolute Gasteiger partial charge is 0.308 e. The summed E-state index contributed by atoms with van der Waals surface area (Å²) >= 11 is 6.45. The first-order chi connectivity index (χ1) is 7.02. The second-order valence-electron chi connectivity index (χ2n) is 2.78. The number of rotatable bonds is 4. The van der Waals surface area contributed by atoms with Crippen molar-refractivity contribution in [3.63, 3.8) is 0 Å². The average molecular weight is 249 g/mol. The van der Waals surface area contributed by atoms with Crippen molar-refractivity contribution in [2.75, 3.05) is 11.2 Å². The van der Waals surface area contributed by atoms with Crippen molar-refractivity contribution in [3.8, 4) is 0 Å². The number of hydrogen-bond acceptors (Lipinski definition) is 4. The highest BCUT2D eigenvalue weighted by Gasteiger charge is 2.12. The summed E-state index contributed by atoms with van der Waals surface area (Å²) in [5.74, 6) is -1.42. The fourth-order valence-corrected chi connectivity index (χ4v) is 1.97. The highest BCUT2D eigenvalue weighted by molar-refractivity contribution is 7.16. The molecule has 0 aliphatic rings. The first kappa shape index (κ1) is 11.9. The molecule has 1 amide bonds. The van der Waals surface area contributed by atoms with Crippen molar-refractivity contribution in [2.24, 2.45) is 0 Å². The number of amides is 1. The summed E-state index contributed by atoms with van der Waals surface area (Å²) in [6.07, 6.45) is -0.0831. The van der Waals surface area contributed by atoms with Crippen LogP contribution in [0.25, 0.3) is 0 Å². The number of aliphatic carboxylic acids is 1. The summed E-state index contributed by atoms with van der Waals surface area (Å²) in [4.78, 5) is 26.1. The molecule has 0 fully saturated rings. The lowest BCUT2D eigenvalue weighted by molar-refractivity contribution is -0.136. The molecule has 0 atom stereocenters. The summed E-state index contributed by atoms with van der Waals surface area (Å²) in [5.41, 5.74) is 0.618. The van der Waals surface area contributed by atoms with E-state index in [0.717, 1.165) is 11.3 Å². The Bertz CT molecular complexity index is 391. The van der Waals surface area contributed by atoms with E-state index in [4.69, 9.17) is 16.7 Å². The molecule has 0 aliphatic heterocycles. The van der Waals surface area contributed by atoms with Crippen LogP contribution in [0.3, 0.4) is 0 Å². The Balaban J connectivity index is 2.76. The number of halogens is 1. The van der Waals surface area contributed by atoms with Gasteiger partial charge in [-0.05, 0) is 6.92 Å². The number of nitrogens with zero attached hydrogens (tertiary/aromatic N) is 1. The summed E-state index contributed by atoms with van der Waals surface area (Å²) < 4.78 is 0. The van der Waals surface area contributed by atoms with E-state index < -0.39 is 5.97 Å². The van der Waals surface area contributed by atoms with Gasteiger partial charge in [0.15, 0.2) is 5.13 Å². The number of carbonyl (C=O) groups is 2. The number of hydrogen-bond donors (Lipinski definition) is 2. The lowest BCUT2D eigenvalue weighted by atomic mass is 10.3. The first-order valence-electron chi connectivity index (χ1n) is 4.07. The van der Waals surface area contributed by atoms with Gasteiger partial charge in [-0.3, -0.25) is 9.59 Å². The molecule has 0 spiro atoms. The van der Waals surface area contributed by atoms with Crippen LogP contribution in [0.2, 0.25) is 0 Å². The van der Waals surface area contributed by atoms with Gasteiger partial charge >= 0.3 is 5.97 Å². The molecule has 82 valence electrons. The third-order valence-corrected chi connectivity index (χ3v) is 2.89. The molecule has 1 aromatic heterocycles. The van der Waals surface area contributed by atoms with E-state index in [9.17, 15) is 9.59 Å². The molecular formula is C8H9ClN2O3S. The first-order valence-corrected chi connectivity index (χ1v) is 5.42. The average Bonchev–Trinajstić information content (AvgIpc) is 2.45. The summed E-state index contributed by atoms with van der Waals surface area (Å²) in [6, 6.07) is 0. The largest absolute Gasteiger partial charge is 0.481 e. The molecule has 0 saturated carbocycles. The van der Waals surface area contributed by atoms with Crippen molar-refractivity contribution >= 4 is 39.9 Å². The van der Waals surface area contributed by atoms with Gasteiger partial charge in [-0.25, -0.2) is 4.98 Å². The molecule has 0 radical (unpaired) electrons. The van der Waals surface area contributed by atoms with Crippen LogP contribution in [0.1, 0.15) is 10.6 Å². The van der Waals surface area contributed by atoms with Crippen molar-refractivity contribution in [1.82, 2.24) is 4.98 Å². The van der Waals surface area contributed by atoms with Gasteiger partial charge in [0.2, 0.25) is 5.91 Å². The Labute approximate surface area is 95.1 Å². The van der Waals surface area contributed by atoms with Gasteiger partial charge in [-0.2, -0.15) is 0 Å². The third-order valence-electron chi connectivity index (χ3n) is 1.57. The van der Waals surface area contributed by atoms with Gasteiger partial charge in [0.25, 0.3) is 0 Å². The predicted molar refractivity (Wildman–Crippen MR) is 57.5 cm³/mol. The van der Waals surface area contributed by atoms with Crippen LogP contribution in [0, 0.1) is 6.92 Å². The van der Waals surface area contributed by atoms with Crippen LogP contribution >= 0.6 is 22.9 Å². The molecule has 7 heteroatoms. The van der Waals surface area contributed by atoms with Gasteiger partial charge in [0.05, 0.1) is 12.1 Å². The Morgan fingerprint density at radius 1 is 1.60 bits per heavy atom. The zero-order chi connectivity index (χ0) is 11.4. The van der Waals surface area contributed by atoms with Gasteiger partial charge in [-0.1, -0.05) is 0 Å².